The van der Waals surface area contributed by atoms with Crippen molar-refractivity contribution in [2.45, 2.75) is 11.5 Å². The summed E-state index contributed by atoms with van der Waals surface area (Å²) in [6.45, 7) is -0.0342. The highest BCUT2D eigenvalue weighted by atomic mass is 35.5. The second-order valence-corrected chi connectivity index (χ2v) is 6.53. The van der Waals surface area contributed by atoms with Crippen molar-refractivity contribution in [3.05, 3.63) is 57.8 Å². The minimum atomic E-state index is -4.10. The molecule has 0 saturated heterocycles. The fourth-order valence-corrected chi connectivity index (χ4v) is 2.68. The fourth-order valence-electron chi connectivity index (χ4n) is 1.63. The average Bonchev–Trinajstić information content (AvgIpc) is 2.40. The first-order valence-corrected chi connectivity index (χ1v) is 7.96. The van der Waals surface area contributed by atoms with Crippen LogP contribution in [0.25, 0.3) is 0 Å². The summed E-state index contributed by atoms with van der Waals surface area (Å²) in [5.74, 6) is -0.790. The van der Waals surface area contributed by atoms with E-state index in [0.29, 0.717) is 15.6 Å². The van der Waals surface area contributed by atoms with Crippen LogP contribution >= 0.6 is 23.2 Å². The molecule has 0 atom stereocenters. The Kier molecular flexibility index (Phi) is 4.73. The predicted molar refractivity (Wildman–Crippen MR) is 78.6 cm³/mol. The topological polar surface area (TPSA) is 69.4 Å². The molecule has 8 heteroatoms. The third-order valence-electron chi connectivity index (χ3n) is 2.60. The van der Waals surface area contributed by atoms with Gasteiger partial charge in [-0.3, -0.25) is 0 Å². The number of benzene rings is 2. The number of hydrogen-bond donors (Lipinski definition) is 1. The lowest BCUT2D eigenvalue weighted by molar-refractivity contribution is 0.297. The van der Waals surface area contributed by atoms with Crippen molar-refractivity contribution in [3.8, 4) is 5.75 Å². The Morgan fingerprint density at radius 1 is 1.14 bits per heavy atom. The average molecular weight is 350 g/mol. The van der Waals surface area contributed by atoms with Crippen LogP contribution < -0.4 is 9.88 Å². The van der Waals surface area contributed by atoms with E-state index in [2.05, 4.69) is 0 Å². The molecule has 0 saturated carbocycles. The molecule has 0 aliphatic carbocycles. The molecule has 0 aromatic heterocycles. The number of rotatable bonds is 4. The first-order valence-electron chi connectivity index (χ1n) is 5.66. The molecule has 0 bridgehead atoms. The second kappa shape index (κ2) is 6.19. The van der Waals surface area contributed by atoms with E-state index in [4.69, 9.17) is 33.1 Å². The first kappa shape index (κ1) is 16.0. The molecule has 112 valence electrons. The van der Waals surface area contributed by atoms with E-state index < -0.39 is 20.7 Å². The zero-order valence-electron chi connectivity index (χ0n) is 10.5. The Morgan fingerprint density at radius 3 is 2.52 bits per heavy atom. The number of ether oxygens (including phenoxy) is 1. The Labute approximate surface area is 131 Å². The summed E-state index contributed by atoms with van der Waals surface area (Å²) in [6, 6.07) is 7.85. The van der Waals surface area contributed by atoms with Crippen molar-refractivity contribution in [1.82, 2.24) is 0 Å². The predicted octanol–water partition coefficient (Wildman–Crippen LogP) is 3.36. The van der Waals surface area contributed by atoms with Gasteiger partial charge < -0.3 is 4.74 Å². The van der Waals surface area contributed by atoms with E-state index in [0.717, 1.165) is 12.1 Å². The van der Waals surface area contributed by atoms with Crippen molar-refractivity contribution < 1.29 is 17.5 Å². The van der Waals surface area contributed by atoms with Crippen LogP contribution in [0, 0.1) is 5.82 Å². The highest BCUT2D eigenvalue weighted by molar-refractivity contribution is 7.89. The molecule has 0 aliphatic rings. The van der Waals surface area contributed by atoms with Gasteiger partial charge in [0, 0.05) is 15.6 Å². The summed E-state index contributed by atoms with van der Waals surface area (Å²) in [5, 5.41) is 5.91. The molecule has 2 N–H and O–H groups in total. The van der Waals surface area contributed by atoms with Gasteiger partial charge in [-0.15, -0.1) is 0 Å². The minimum absolute atomic E-state index is 0.0342. The van der Waals surface area contributed by atoms with Crippen molar-refractivity contribution in [2.24, 2.45) is 5.14 Å². The second-order valence-electron chi connectivity index (χ2n) is 4.16. The van der Waals surface area contributed by atoms with E-state index >= 15 is 0 Å². The molecule has 21 heavy (non-hydrogen) atoms. The van der Waals surface area contributed by atoms with Crippen molar-refractivity contribution in [3.63, 3.8) is 0 Å². The van der Waals surface area contributed by atoms with Gasteiger partial charge in [0.15, 0.2) is 0 Å². The number of halogens is 3. The first-order chi connectivity index (χ1) is 9.77. The van der Waals surface area contributed by atoms with Gasteiger partial charge in [0.1, 0.15) is 23.1 Å². The van der Waals surface area contributed by atoms with E-state index in [9.17, 15) is 12.8 Å². The van der Waals surface area contributed by atoms with Gasteiger partial charge in [0.25, 0.3) is 0 Å². The van der Waals surface area contributed by atoms with Gasteiger partial charge in [-0.25, -0.2) is 17.9 Å². The molecule has 0 spiro atoms. The van der Waals surface area contributed by atoms with E-state index in [-0.39, 0.29) is 12.4 Å². The minimum Gasteiger partial charge on any atom is -0.487 e. The Balaban J connectivity index is 2.30. The maximum Gasteiger partial charge on any atom is 0.241 e. The number of sulfonamides is 1. The quantitative estimate of drug-likeness (QED) is 0.919. The molecule has 2 rings (SSSR count). The van der Waals surface area contributed by atoms with Gasteiger partial charge in [0.05, 0.1) is 0 Å². The summed E-state index contributed by atoms with van der Waals surface area (Å²) in [6.07, 6.45) is 0. The molecule has 0 aliphatic heterocycles. The van der Waals surface area contributed by atoms with Gasteiger partial charge >= 0.3 is 0 Å². The summed E-state index contributed by atoms with van der Waals surface area (Å²) < 4.78 is 41.4. The Hall–Kier alpha value is -1.34. The summed E-state index contributed by atoms with van der Waals surface area (Å²) in [5.41, 5.74) is 0.564. The normalized spacial score (nSPS) is 11.4. The molecule has 4 nitrogen and oxygen atoms in total. The monoisotopic (exact) mass is 349 g/mol. The Morgan fingerprint density at radius 2 is 1.86 bits per heavy atom. The van der Waals surface area contributed by atoms with Crippen LogP contribution in [-0.4, -0.2) is 8.42 Å². The maximum absolute atomic E-state index is 13.1. The van der Waals surface area contributed by atoms with Crippen LogP contribution in [0.3, 0.4) is 0 Å². The lowest BCUT2D eigenvalue weighted by Gasteiger charge is -2.11. The molecule has 0 amide bonds. The maximum atomic E-state index is 13.1. The largest absolute Gasteiger partial charge is 0.487 e. The molecular weight excluding hydrogens is 340 g/mol. The number of primary sulfonamides is 1. The lowest BCUT2D eigenvalue weighted by Crippen LogP contribution is -2.14. The zero-order chi connectivity index (χ0) is 15.6. The molecule has 0 fully saturated rings. The van der Waals surface area contributed by atoms with E-state index in [1.165, 1.54) is 6.07 Å². The third kappa shape index (κ3) is 4.07. The van der Waals surface area contributed by atoms with Gasteiger partial charge in [-0.05, 0) is 36.4 Å². The molecule has 2 aromatic rings. The van der Waals surface area contributed by atoms with Crippen LogP contribution in [0.2, 0.25) is 10.0 Å². The summed E-state index contributed by atoms with van der Waals surface area (Å²) >= 11 is 11.8. The standard InChI is InChI=1S/C13H10Cl2FNO3S/c14-9-1-3-11(15)8(5-9)7-20-12-4-2-10(16)6-13(12)21(17,18)19/h1-6H,7H2,(H2,17,18,19). The fraction of sp³-hybridized carbons (Fsp3) is 0.0769. The van der Waals surface area contributed by atoms with E-state index in [1.807, 2.05) is 0 Å². The molecule has 0 heterocycles. The Bertz CT molecular complexity index is 781. The van der Waals surface area contributed by atoms with Gasteiger partial charge in [-0.1, -0.05) is 23.2 Å². The number of nitrogens with two attached hydrogens (primary N) is 1. The van der Waals surface area contributed by atoms with Crippen LogP contribution in [0.4, 0.5) is 4.39 Å². The van der Waals surface area contributed by atoms with Crippen LogP contribution in [0.1, 0.15) is 5.56 Å². The summed E-state index contributed by atoms with van der Waals surface area (Å²) in [4.78, 5) is -0.430. The van der Waals surface area contributed by atoms with Gasteiger partial charge in [0.2, 0.25) is 10.0 Å². The third-order valence-corrected chi connectivity index (χ3v) is 4.14. The highest BCUT2D eigenvalue weighted by Gasteiger charge is 2.17. The van der Waals surface area contributed by atoms with Crippen molar-refractivity contribution >= 4 is 33.2 Å². The van der Waals surface area contributed by atoms with Crippen LogP contribution in [0.15, 0.2) is 41.3 Å². The van der Waals surface area contributed by atoms with Gasteiger partial charge in [-0.2, -0.15) is 0 Å². The molecular formula is C13H10Cl2FNO3S. The molecule has 2 aromatic carbocycles. The van der Waals surface area contributed by atoms with Crippen molar-refractivity contribution in [2.75, 3.05) is 0 Å². The SMILES string of the molecule is NS(=O)(=O)c1cc(F)ccc1OCc1cc(Cl)ccc1Cl. The van der Waals surface area contributed by atoms with Crippen molar-refractivity contribution in [1.29, 1.82) is 0 Å². The van der Waals surface area contributed by atoms with E-state index in [1.54, 1.807) is 18.2 Å². The zero-order valence-corrected chi connectivity index (χ0v) is 12.8. The van der Waals surface area contributed by atoms with Crippen LogP contribution in [0.5, 0.6) is 5.75 Å². The number of hydrogen-bond acceptors (Lipinski definition) is 3. The molecule has 0 unspecified atom stereocenters. The van der Waals surface area contributed by atoms with Crippen LogP contribution in [-0.2, 0) is 16.6 Å². The summed E-state index contributed by atoms with van der Waals surface area (Å²) in [7, 11) is -4.10. The molecule has 0 radical (unpaired) electrons. The smallest absolute Gasteiger partial charge is 0.241 e. The highest BCUT2D eigenvalue weighted by Crippen LogP contribution is 2.27. The lowest BCUT2D eigenvalue weighted by atomic mass is 10.2.